The molecule has 5 atom stereocenters. The smallest absolute Gasteiger partial charge is 0.246 e. The van der Waals surface area contributed by atoms with Gasteiger partial charge in [-0.15, -0.1) is 11.3 Å². The second kappa shape index (κ2) is 23.3. The Balaban J connectivity index is 0.762. The van der Waals surface area contributed by atoms with Crippen molar-refractivity contribution < 1.29 is 28.0 Å². The maximum absolute atomic E-state index is 15.8. The van der Waals surface area contributed by atoms with Gasteiger partial charge >= 0.3 is 0 Å². The second-order valence-corrected chi connectivity index (χ2v) is 24.3. The fourth-order valence-corrected chi connectivity index (χ4v) is 12.7. The van der Waals surface area contributed by atoms with Crippen LogP contribution in [0, 0.1) is 46.6 Å². The van der Waals surface area contributed by atoms with Crippen LogP contribution >= 0.6 is 11.3 Å². The standard InChI is InChI=1S/C56H80F2N12O4S/c1-35-27-41(35)55(7)17-23-67(24-18-55)31-40-28-43(58)45(29-42(40)57)69-32-49(72)65-56(33-69)19-25-68(26-20-56)46(59)30-47(66-60)61-21-9-8-12-48(71)64-51(54(4,5)6)53(74)70-22-10-11-44(70)52(73)63-36(2)38-13-15-39(16-14-38)50-37(3)62-34-75-50/h13-16,28-30,34-36,41,44,51,59,61,66H,8-12,17-27,31-33,60H2,1-7H3,(H,63,73)(H,64,71)(H,65,72)/b47-30-,59-46?/t35?,36-,41-,44-,51+/m0/s1. The summed E-state index contributed by atoms with van der Waals surface area (Å²) in [7, 11) is 0. The molecule has 16 nitrogen and oxygen atoms in total. The summed E-state index contributed by atoms with van der Waals surface area (Å²) in [4.78, 5) is 67.2. The van der Waals surface area contributed by atoms with Gasteiger partial charge in [0.15, 0.2) is 0 Å². The van der Waals surface area contributed by atoms with Crippen molar-refractivity contribution in [1.82, 2.24) is 46.4 Å². The largest absolute Gasteiger partial charge is 0.371 e. The average Bonchev–Trinajstić information content (AvgIpc) is 3.68. The van der Waals surface area contributed by atoms with Gasteiger partial charge < -0.3 is 41.4 Å². The van der Waals surface area contributed by atoms with Crippen molar-refractivity contribution in [3.8, 4) is 10.4 Å². The summed E-state index contributed by atoms with van der Waals surface area (Å²) in [5.41, 5.74) is 6.94. The third-order valence-electron chi connectivity index (χ3n) is 16.8. The molecule has 1 spiro atoms. The van der Waals surface area contributed by atoms with Crippen LogP contribution in [0.3, 0.4) is 0 Å². The van der Waals surface area contributed by atoms with E-state index in [1.165, 1.54) is 18.6 Å². The van der Waals surface area contributed by atoms with Crippen LogP contribution in [0.2, 0.25) is 0 Å². The molecule has 4 amide bonds. The number of hydrogen-bond acceptors (Lipinski definition) is 12. The first kappa shape index (κ1) is 55.6. The van der Waals surface area contributed by atoms with Crippen molar-refractivity contribution in [2.24, 2.45) is 28.5 Å². The maximum atomic E-state index is 15.8. The highest BCUT2D eigenvalue weighted by molar-refractivity contribution is 7.13. The number of nitrogens with zero attached hydrogens (tertiary/aromatic N) is 5. The van der Waals surface area contributed by atoms with Crippen LogP contribution in [0.25, 0.3) is 10.4 Å². The minimum Gasteiger partial charge on any atom is -0.371 e. The Labute approximate surface area is 445 Å². The fourth-order valence-electron chi connectivity index (χ4n) is 11.9. The van der Waals surface area contributed by atoms with E-state index in [9.17, 15) is 19.2 Å². The van der Waals surface area contributed by atoms with Gasteiger partial charge in [0.05, 0.1) is 39.9 Å². The van der Waals surface area contributed by atoms with E-state index in [1.807, 2.05) is 69.3 Å². The molecule has 0 radical (unpaired) electrons. The highest BCUT2D eigenvalue weighted by Gasteiger charge is 2.49. The predicted molar refractivity (Wildman–Crippen MR) is 290 cm³/mol. The topological polar surface area (TPSA) is 204 Å². The average molecular weight is 1060 g/mol. The molecule has 19 heteroatoms. The first-order valence-electron chi connectivity index (χ1n) is 27.1. The number of amides is 4. The summed E-state index contributed by atoms with van der Waals surface area (Å²) in [6.07, 6.45) is 8.56. The lowest BCUT2D eigenvalue weighted by Crippen LogP contribution is -2.66. The van der Waals surface area contributed by atoms with Crippen molar-refractivity contribution in [1.29, 1.82) is 5.41 Å². The van der Waals surface area contributed by atoms with E-state index in [2.05, 4.69) is 50.4 Å². The molecule has 2 aromatic carbocycles. The van der Waals surface area contributed by atoms with Gasteiger partial charge in [0.1, 0.15) is 35.4 Å². The number of hydrazine groups is 1. The van der Waals surface area contributed by atoms with Gasteiger partial charge in [-0.25, -0.2) is 19.6 Å². The van der Waals surface area contributed by atoms with Gasteiger partial charge in [0.25, 0.3) is 0 Å². The highest BCUT2D eigenvalue weighted by Crippen LogP contribution is 2.55. The number of nitrogens with one attached hydrogen (secondary N) is 6. The minimum atomic E-state index is -0.830. The Kier molecular flexibility index (Phi) is 17.3. The molecular formula is C56H80F2N12O4S. The van der Waals surface area contributed by atoms with Crippen LogP contribution in [0.15, 0.2) is 53.8 Å². The second-order valence-electron chi connectivity index (χ2n) is 23.5. The first-order chi connectivity index (χ1) is 35.7. The molecule has 3 aromatic rings. The molecule has 8 rings (SSSR count). The van der Waals surface area contributed by atoms with Crippen LogP contribution in [-0.2, 0) is 25.7 Å². The fraction of sp³-hybridized carbons (Fsp3) is 0.607. The number of anilines is 1. The van der Waals surface area contributed by atoms with Crippen LogP contribution in [0.1, 0.15) is 129 Å². The molecular weight excluding hydrogens is 975 g/mol. The van der Waals surface area contributed by atoms with Crippen molar-refractivity contribution in [2.45, 2.75) is 143 Å². The van der Waals surface area contributed by atoms with Crippen molar-refractivity contribution in [3.05, 3.63) is 82.3 Å². The quantitative estimate of drug-likeness (QED) is 0.0231. The molecule has 1 aromatic heterocycles. The number of halogens is 2. The van der Waals surface area contributed by atoms with Gasteiger partial charge in [-0.2, -0.15) is 0 Å². The van der Waals surface area contributed by atoms with Gasteiger partial charge in [-0.05, 0) is 125 Å². The van der Waals surface area contributed by atoms with E-state index in [4.69, 9.17) is 11.3 Å². The zero-order chi connectivity index (χ0) is 53.8. The summed E-state index contributed by atoms with van der Waals surface area (Å²) in [6.45, 7) is 18.5. The molecule has 0 bridgehead atoms. The van der Waals surface area contributed by atoms with Crippen LogP contribution in [0.4, 0.5) is 14.5 Å². The van der Waals surface area contributed by atoms with Gasteiger partial charge in [0.2, 0.25) is 23.6 Å². The summed E-state index contributed by atoms with van der Waals surface area (Å²) in [5, 5.41) is 21.3. The van der Waals surface area contributed by atoms with Crippen molar-refractivity contribution in [3.63, 3.8) is 0 Å². The lowest BCUT2D eigenvalue weighted by Gasteiger charge is -2.48. The number of amidine groups is 1. The van der Waals surface area contributed by atoms with Gasteiger partial charge in [-0.1, -0.05) is 58.9 Å². The number of rotatable bonds is 18. The Morgan fingerprint density at radius 2 is 1.72 bits per heavy atom. The van der Waals surface area contributed by atoms with E-state index in [0.29, 0.717) is 94.6 Å². The molecule has 4 saturated heterocycles. The molecule has 5 aliphatic rings. The lowest BCUT2D eigenvalue weighted by molar-refractivity contribution is -0.144. The summed E-state index contributed by atoms with van der Waals surface area (Å²) >= 11 is 1.59. The lowest BCUT2D eigenvalue weighted by atomic mass is 9.75. The Hall–Kier alpha value is -5.66. The first-order valence-corrected chi connectivity index (χ1v) is 28.0. The zero-order valence-electron chi connectivity index (χ0n) is 45.1. The number of likely N-dealkylation sites (tertiary alicyclic amines) is 3. The van der Waals surface area contributed by atoms with Crippen LogP contribution in [0.5, 0.6) is 0 Å². The number of aryl methyl sites for hydroxylation is 1. The van der Waals surface area contributed by atoms with E-state index < -0.39 is 34.7 Å². The van der Waals surface area contributed by atoms with E-state index in [-0.39, 0.29) is 54.2 Å². The molecule has 5 heterocycles. The Morgan fingerprint density at radius 1 is 1.01 bits per heavy atom. The number of benzene rings is 2. The van der Waals surface area contributed by atoms with Gasteiger partial charge in [0, 0.05) is 63.4 Å². The van der Waals surface area contributed by atoms with Crippen molar-refractivity contribution >= 4 is 46.5 Å². The molecule has 75 heavy (non-hydrogen) atoms. The number of carbonyl (C=O) groups is 4. The monoisotopic (exact) mass is 1050 g/mol. The number of hydrogen-bond donors (Lipinski definition) is 7. The number of carbonyl (C=O) groups excluding carboxylic acids is 4. The van der Waals surface area contributed by atoms with Gasteiger partial charge in [-0.3, -0.25) is 29.5 Å². The third kappa shape index (κ3) is 13.3. The number of piperazine rings is 1. The summed E-state index contributed by atoms with van der Waals surface area (Å²) < 4.78 is 31.5. The normalized spacial score (nSPS) is 22.6. The number of unbranched alkanes of at least 4 members (excludes halogenated alkanes) is 1. The minimum absolute atomic E-state index is 0.0733. The molecule has 8 N–H and O–H groups in total. The molecule has 408 valence electrons. The number of thiazole rings is 1. The molecule has 1 aliphatic carbocycles. The van der Waals surface area contributed by atoms with Crippen LogP contribution in [-0.4, -0.2) is 119 Å². The molecule has 5 fully saturated rings. The number of nitrogens with two attached hydrogens (primary N) is 1. The molecule has 1 saturated carbocycles. The molecule has 1 unspecified atom stereocenters. The van der Waals surface area contributed by atoms with Crippen LogP contribution < -0.4 is 37.4 Å². The predicted octanol–water partition coefficient (Wildman–Crippen LogP) is 6.87. The maximum Gasteiger partial charge on any atom is 0.246 e. The summed E-state index contributed by atoms with van der Waals surface area (Å²) in [6, 6.07) is 8.90. The Bertz CT molecular complexity index is 2590. The van der Waals surface area contributed by atoms with Crippen molar-refractivity contribution in [2.75, 3.05) is 57.3 Å². The SMILES string of the molecule is Cc1ncsc1-c1ccc([C@H](C)NC(=O)[C@@H]2CCCN2C(=O)[C@@H](NC(=O)CCCCN/C(=C/C(=N)N2CCC3(CC2)CN(c2cc(F)c(CN4CCC(C)([C@H]5CC5C)CC4)cc2F)CC(=O)N3)NN)C(C)(C)C)cc1. The molecule has 4 aliphatic heterocycles. The third-order valence-corrected chi connectivity index (χ3v) is 17.7. The number of piperidine rings is 2. The van der Waals surface area contributed by atoms with E-state index in [0.717, 1.165) is 59.5 Å². The number of aromatic nitrogens is 1. The van der Waals surface area contributed by atoms with E-state index in [1.54, 1.807) is 27.2 Å². The summed E-state index contributed by atoms with van der Waals surface area (Å²) in [5.74, 6) is 6.07. The Morgan fingerprint density at radius 3 is 2.36 bits per heavy atom. The highest BCUT2D eigenvalue weighted by atomic mass is 32.1. The zero-order valence-corrected chi connectivity index (χ0v) is 45.9. The van der Waals surface area contributed by atoms with E-state index >= 15 is 8.78 Å².